The molecule has 1 atom stereocenters. The van der Waals surface area contributed by atoms with Crippen LogP contribution in [-0.4, -0.2) is 18.1 Å². The second kappa shape index (κ2) is 6.53. The van der Waals surface area contributed by atoms with Gasteiger partial charge in [0.2, 0.25) is 0 Å². The number of ether oxygens (including phenoxy) is 1. The molecule has 84 valence electrons. The summed E-state index contributed by atoms with van der Waals surface area (Å²) in [6, 6.07) is 3.91. The zero-order valence-electron chi connectivity index (χ0n) is 9.52. The van der Waals surface area contributed by atoms with Gasteiger partial charge < -0.3 is 10.5 Å². The number of nitrogens with two attached hydrogens (primary N) is 1. The molecule has 0 spiro atoms. The summed E-state index contributed by atoms with van der Waals surface area (Å²) in [5.41, 5.74) is 6.73. The van der Waals surface area contributed by atoms with Crippen LogP contribution in [0.25, 0.3) is 0 Å². The van der Waals surface area contributed by atoms with Crippen LogP contribution < -0.4 is 5.73 Å². The summed E-state index contributed by atoms with van der Waals surface area (Å²) in [4.78, 5) is 4.06. The van der Waals surface area contributed by atoms with Gasteiger partial charge in [0.15, 0.2) is 0 Å². The number of nitrogens with zero attached hydrogens (tertiary/aromatic N) is 1. The fraction of sp³-hybridized carbons (Fsp3) is 0.583. The van der Waals surface area contributed by atoms with Crippen LogP contribution in [0.4, 0.5) is 0 Å². The Morgan fingerprint density at radius 2 is 2.27 bits per heavy atom. The van der Waals surface area contributed by atoms with E-state index in [4.69, 9.17) is 10.5 Å². The summed E-state index contributed by atoms with van der Waals surface area (Å²) in [7, 11) is 0. The van der Waals surface area contributed by atoms with Gasteiger partial charge in [0, 0.05) is 31.1 Å². The monoisotopic (exact) mass is 208 g/mol. The summed E-state index contributed by atoms with van der Waals surface area (Å²) in [5.74, 6) is 0.664. The van der Waals surface area contributed by atoms with E-state index in [0.717, 1.165) is 18.6 Å². The fourth-order valence-electron chi connectivity index (χ4n) is 1.31. The highest BCUT2D eigenvalue weighted by atomic mass is 16.5. The molecule has 1 unspecified atom stereocenters. The van der Waals surface area contributed by atoms with Crippen molar-refractivity contribution in [1.82, 2.24) is 4.98 Å². The van der Waals surface area contributed by atoms with Crippen molar-refractivity contribution >= 4 is 0 Å². The molecule has 0 amide bonds. The van der Waals surface area contributed by atoms with Gasteiger partial charge in [-0.15, -0.1) is 0 Å². The zero-order valence-corrected chi connectivity index (χ0v) is 9.52. The minimum absolute atomic E-state index is 0.0163. The number of rotatable bonds is 6. The van der Waals surface area contributed by atoms with Crippen LogP contribution in [-0.2, 0) is 4.74 Å². The van der Waals surface area contributed by atoms with Gasteiger partial charge >= 0.3 is 0 Å². The molecule has 1 rings (SSSR count). The molecule has 3 nitrogen and oxygen atoms in total. The molecule has 2 N–H and O–H groups in total. The Hall–Kier alpha value is -0.930. The van der Waals surface area contributed by atoms with E-state index in [1.165, 1.54) is 0 Å². The summed E-state index contributed by atoms with van der Waals surface area (Å²) in [5, 5.41) is 0. The van der Waals surface area contributed by atoms with Crippen LogP contribution in [0.5, 0.6) is 0 Å². The van der Waals surface area contributed by atoms with E-state index in [2.05, 4.69) is 18.8 Å². The molecule has 1 aromatic heterocycles. The maximum absolute atomic E-state index is 5.72. The van der Waals surface area contributed by atoms with Gasteiger partial charge in [0.1, 0.15) is 0 Å². The van der Waals surface area contributed by atoms with Crippen molar-refractivity contribution in [3.8, 4) is 0 Å². The SMILES string of the molecule is CC(C)CCOC(CN)c1cccnc1. The van der Waals surface area contributed by atoms with Crippen LogP contribution in [0.1, 0.15) is 31.9 Å². The molecule has 3 heteroatoms. The molecule has 0 saturated heterocycles. The molecular weight excluding hydrogens is 188 g/mol. The lowest BCUT2D eigenvalue weighted by Crippen LogP contribution is -2.17. The van der Waals surface area contributed by atoms with E-state index in [-0.39, 0.29) is 6.10 Å². The van der Waals surface area contributed by atoms with Crippen LogP contribution in [0, 0.1) is 5.92 Å². The largest absolute Gasteiger partial charge is 0.372 e. The van der Waals surface area contributed by atoms with E-state index in [1.807, 2.05) is 18.3 Å². The smallest absolute Gasteiger partial charge is 0.0961 e. The highest BCUT2D eigenvalue weighted by molar-refractivity contribution is 5.12. The Morgan fingerprint density at radius 1 is 1.47 bits per heavy atom. The highest BCUT2D eigenvalue weighted by Gasteiger charge is 2.09. The van der Waals surface area contributed by atoms with Crippen molar-refractivity contribution in [3.05, 3.63) is 30.1 Å². The maximum Gasteiger partial charge on any atom is 0.0961 e. The first-order chi connectivity index (χ1) is 7.24. The van der Waals surface area contributed by atoms with Gasteiger partial charge in [-0.25, -0.2) is 0 Å². The molecule has 0 aliphatic carbocycles. The molecule has 0 bridgehead atoms. The van der Waals surface area contributed by atoms with Crippen LogP contribution in [0.15, 0.2) is 24.5 Å². The third kappa shape index (κ3) is 4.40. The van der Waals surface area contributed by atoms with Gasteiger partial charge in [0.05, 0.1) is 6.10 Å². The van der Waals surface area contributed by atoms with Crippen molar-refractivity contribution in [2.75, 3.05) is 13.2 Å². The van der Waals surface area contributed by atoms with E-state index >= 15 is 0 Å². The third-order valence-electron chi connectivity index (χ3n) is 2.28. The van der Waals surface area contributed by atoms with Crippen molar-refractivity contribution in [2.24, 2.45) is 11.7 Å². The number of aromatic nitrogens is 1. The third-order valence-corrected chi connectivity index (χ3v) is 2.28. The average Bonchev–Trinajstić information content (AvgIpc) is 2.25. The van der Waals surface area contributed by atoms with Gasteiger partial charge in [-0.2, -0.15) is 0 Å². The van der Waals surface area contributed by atoms with Crippen molar-refractivity contribution < 1.29 is 4.74 Å². The van der Waals surface area contributed by atoms with Crippen LogP contribution in [0.2, 0.25) is 0 Å². The normalized spacial score (nSPS) is 13.1. The van der Waals surface area contributed by atoms with Gasteiger partial charge in [0.25, 0.3) is 0 Å². The summed E-state index contributed by atoms with van der Waals surface area (Å²) < 4.78 is 5.72. The Kier molecular flexibility index (Phi) is 5.29. The standard InChI is InChI=1S/C12H20N2O/c1-10(2)5-7-15-12(8-13)11-4-3-6-14-9-11/h3-4,6,9-10,12H,5,7-8,13H2,1-2H3. The average molecular weight is 208 g/mol. The molecule has 0 aliphatic rings. The lowest BCUT2D eigenvalue weighted by Gasteiger charge is -2.16. The molecule has 1 aromatic rings. The first-order valence-corrected chi connectivity index (χ1v) is 5.45. The second-order valence-electron chi connectivity index (χ2n) is 4.06. The van der Waals surface area contributed by atoms with E-state index < -0.39 is 0 Å². The summed E-state index contributed by atoms with van der Waals surface area (Å²) in [6.45, 7) is 5.63. The molecule has 1 heterocycles. The van der Waals surface area contributed by atoms with Crippen LogP contribution >= 0.6 is 0 Å². The molecule has 0 saturated carbocycles. The highest BCUT2D eigenvalue weighted by Crippen LogP contribution is 2.15. The molecular formula is C12H20N2O. The number of hydrogen-bond donors (Lipinski definition) is 1. The molecule has 15 heavy (non-hydrogen) atoms. The quantitative estimate of drug-likeness (QED) is 0.779. The molecule has 0 fully saturated rings. The fourth-order valence-corrected chi connectivity index (χ4v) is 1.31. The first kappa shape index (κ1) is 12.1. The van der Waals surface area contributed by atoms with Gasteiger partial charge in [-0.1, -0.05) is 19.9 Å². The second-order valence-corrected chi connectivity index (χ2v) is 4.06. The molecule has 0 aliphatic heterocycles. The van der Waals surface area contributed by atoms with Gasteiger partial charge in [-0.05, 0) is 18.4 Å². The topological polar surface area (TPSA) is 48.1 Å². The summed E-state index contributed by atoms with van der Waals surface area (Å²) >= 11 is 0. The Labute approximate surface area is 91.7 Å². The maximum atomic E-state index is 5.72. The Bertz CT molecular complexity index is 262. The van der Waals surface area contributed by atoms with Crippen LogP contribution in [0.3, 0.4) is 0 Å². The lowest BCUT2D eigenvalue weighted by molar-refractivity contribution is 0.0513. The number of pyridine rings is 1. The Balaban J connectivity index is 2.43. The summed E-state index contributed by atoms with van der Waals surface area (Å²) in [6.07, 6.45) is 4.62. The predicted octanol–water partition coefficient (Wildman–Crippen LogP) is 2.14. The number of hydrogen-bond acceptors (Lipinski definition) is 3. The minimum atomic E-state index is -0.0163. The van der Waals surface area contributed by atoms with Crippen molar-refractivity contribution in [1.29, 1.82) is 0 Å². The van der Waals surface area contributed by atoms with E-state index in [0.29, 0.717) is 12.5 Å². The predicted molar refractivity (Wildman–Crippen MR) is 61.4 cm³/mol. The van der Waals surface area contributed by atoms with Crippen molar-refractivity contribution in [2.45, 2.75) is 26.4 Å². The molecule has 0 aromatic carbocycles. The van der Waals surface area contributed by atoms with E-state index in [9.17, 15) is 0 Å². The lowest BCUT2D eigenvalue weighted by atomic mass is 10.1. The first-order valence-electron chi connectivity index (χ1n) is 5.45. The van der Waals surface area contributed by atoms with Crippen molar-refractivity contribution in [3.63, 3.8) is 0 Å². The van der Waals surface area contributed by atoms with E-state index in [1.54, 1.807) is 6.20 Å². The Morgan fingerprint density at radius 3 is 2.80 bits per heavy atom. The minimum Gasteiger partial charge on any atom is -0.372 e. The van der Waals surface area contributed by atoms with Gasteiger partial charge in [-0.3, -0.25) is 4.98 Å². The molecule has 0 radical (unpaired) electrons. The zero-order chi connectivity index (χ0) is 11.1.